The van der Waals surface area contributed by atoms with E-state index < -0.39 is 0 Å². The van der Waals surface area contributed by atoms with Crippen molar-refractivity contribution in [3.8, 4) is 0 Å². The Kier molecular flexibility index (Phi) is 6.12. The van der Waals surface area contributed by atoms with Crippen molar-refractivity contribution in [1.82, 2.24) is 5.32 Å². The molecule has 0 fully saturated rings. The second-order valence-corrected chi connectivity index (χ2v) is 10.4. The maximum Gasteiger partial charge on any atom is 0.227 e. The number of fused-ring (bicyclic) bond motifs is 3. The lowest BCUT2D eigenvalue weighted by molar-refractivity contribution is -0.123. The highest BCUT2D eigenvalue weighted by atomic mass is 32.2. The average Bonchev–Trinajstić information content (AvgIpc) is 3.06. The van der Waals surface area contributed by atoms with Gasteiger partial charge in [0.2, 0.25) is 5.91 Å². The van der Waals surface area contributed by atoms with Crippen LogP contribution in [-0.4, -0.2) is 23.7 Å². The van der Waals surface area contributed by atoms with Crippen molar-refractivity contribution in [2.24, 2.45) is 11.8 Å². The summed E-state index contributed by atoms with van der Waals surface area (Å²) in [5, 5.41) is 12.5. The van der Waals surface area contributed by atoms with E-state index in [2.05, 4.69) is 73.0 Å². The first-order valence-electron chi connectivity index (χ1n) is 10.6. The number of carbonyl (C=O) groups is 1. The number of hydrogen-bond acceptors (Lipinski definition) is 2. The fourth-order valence-corrected chi connectivity index (χ4v) is 7.10. The predicted octanol–water partition coefficient (Wildman–Crippen LogP) is 4.59. The van der Waals surface area contributed by atoms with Crippen LogP contribution in [0.5, 0.6) is 0 Å². The molecule has 0 spiro atoms. The Balaban J connectivity index is 1.44. The van der Waals surface area contributed by atoms with Crippen LogP contribution >= 0.6 is 0 Å². The zero-order chi connectivity index (χ0) is 20.4. The Morgan fingerprint density at radius 2 is 2.10 bits per heavy atom. The molecule has 0 radical (unpaired) electrons. The van der Waals surface area contributed by atoms with E-state index in [4.69, 9.17) is 0 Å². The molecular formula is C25H30NO2S+. The van der Waals surface area contributed by atoms with Gasteiger partial charge in [-0.2, -0.15) is 0 Å². The van der Waals surface area contributed by atoms with Crippen LogP contribution in [0.4, 0.5) is 0 Å². The van der Waals surface area contributed by atoms with Gasteiger partial charge in [0.25, 0.3) is 0 Å². The minimum Gasteiger partial charge on any atom is -0.393 e. The molecule has 5 unspecified atom stereocenters. The third-order valence-corrected chi connectivity index (χ3v) is 8.35. The number of hydrogen-bond donors (Lipinski definition) is 2. The van der Waals surface area contributed by atoms with E-state index in [9.17, 15) is 9.90 Å². The van der Waals surface area contributed by atoms with E-state index in [0.717, 1.165) is 12.8 Å². The number of allylic oxidation sites excluding steroid dienone is 6. The lowest BCUT2D eigenvalue weighted by atomic mass is 9.93. The summed E-state index contributed by atoms with van der Waals surface area (Å²) in [4.78, 5) is 16.9. The van der Waals surface area contributed by atoms with Gasteiger partial charge >= 0.3 is 0 Å². The predicted molar refractivity (Wildman–Crippen MR) is 120 cm³/mol. The van der Waals surface area contributed by atoms with Gasteiger partial charge in [-0.1, -0.05) is 43.4 Å². The Morgan fingerprint density at radius 3 is 2.86 bits per heavy atom. The first-order chi connectivity index (χ1) is 14.0. The topological polar surface area (TPSA) is 49.3 Å². The minimum absolute atomic E-state index is 0.0265. The average molecular weight is 409 g/mol. The van der Waals surface area contributed by atoms with Gasteiger partial charge in [-0.25, -0.2) is 0 Å². The van der Waals surface area contributed by atoms with Gasteiger partial charge in [0.15, 0.2) is 14.7 Å². The molecule has 1 aliphatic heterocycles. The summed E-state index contributed by atoms with van der Waals surface area (Å²) >= 11 is 0. The van der Waals surface area contributed by atoms with Gasteiger partial charge in [0.1, 0.15) is 0 Å². The van der Waals surface area contributed by atoms with Crippen molar-refractivity contribution in [3.63, 3.8) is 0 Å². The summed E-state index contributed by atoms with van der Waals surface area (Å²) in [5.74, 6) is 0.763. The van der Waals surface area contributed by atoms with Gasteiger partial charge in [-0.3, -0.25) is 4.79 Å². The Hall–Kier alpha value is -2.04. The molecule has 152 valence electrons. The molecule has 0 saturated heterocycles. The standard InChI is InChI=1S/C25H29NO2S/c1-17(15-18(2)27)16-26-25(28)19-11-13-20(14-12-19)29-23-9-5-3-7-21(23)22-8-4-6-10-24(22)29/h3-7,9-11,13-14,17-19,22,27H,8,12,15-16H2,1-2H3/p+1. The van der Waals surface area contributed by atoms with E-state index in [0.29, 0.717) is 18.9 Å². The highest BCUT2D eigenvalue weighted by molar-refractivity contribution is 8.04. The Bertz CT molecular complexity index is 896. The molecule has 29 heavy (non-hydrogen) atoms. The summed E-state index contributed by atoms with van der Waals surface area (Å²) in [6, 6.07) is 8.83. The van der Waals surface area contributed by atoms with E-state index in [1.165, 1.54) is 20.3 Å². The number of nitrogens with one attached hydrogen (secondary N) is 1. The molecule has 4 heteroatoms. The van der Waals surface area contributed by atoms with Crippen LogP contribution in [0.15, 0.2) is 75.4 Å². The van der Waals surface area contributed by atoms with E-state index in [-0.39, 0.29) is 34.7 Å². The van der Waals surface area contributed by atoms with Gasteiger partial charge in [-0.15, -0.1) is 0 Å². The van der Waals surface area contributed by atoms with Crippen LogP contribution in [0.25, 0.3) is 0 Å². The third-order valence-electron chi connectivity index (χ3n) is 5.87. The highest BCUT2D eigenvalue weighted by Gasteiger charge is 2.47. The monoisotopic (exact) mass is 408 g/mol. The summed E-state index contributed by atoms with van der Waals surface area (Å²) < 4.78 is 0. The molecule has 4 rings (SSSR count). The number of rotatable bonds is 6. The second-order valence-electron chi connectivity index (χ2n) is 8.37. The number of aliphatic hydroxyl groups excluding tert-OH is 1. The number of benzene rings is 1. The number of carbonyl (C=O) groups excluding carboxylic acids is 1. The first-order valence-corrected chi connectivity index (χ1v) is 11.8. The maximum atomic E-state index is 12.6. The van der Waals surface area contributed by atoms with Crippen molar-refractivity contribution >= 4 is 16.8 Å². The molecule has 1 heterocycles. The molecule has 1 aromatic carbocycles. The summed E-state index contributed by atoms with van der Waals surface area (Å²) in [6.07, 6.45) is 15.5. The lowest BCUT2D eigenvalue weighted by Crippen LogP contribution is -2.34. The van der Waals surface area contributed by atoms with Crippen LogP contribution in [0.1, 0.15) is 44.6 Å². The zero-order valence-corrected chi connectivity index (χ0v) is 18.0. The van der Waals surface area contributed by atoms with Crippen LogP contribution in [0.3, 0.4) is 0 Å². The third kappa shape index (κ3) is 4.29. The summed E-state index contributed by atoms with van der Waals surface area (Å²) in [6.45, 7) is 4.46. The first kappa shape index (κ1) is 20.2. The van der Waals surface area contributed by atoms with Crippen molar-refractivity contribution in [1.29, 1.82) is 0 Å². The largest absolute Gasteiger partial charge is 0.393 e. The second kappa shape index (κ2) is 8.76. The number of amides is 1. The van der Waals surface area contributed by atoms with E-state index >= 15 is 0 Å². The lowest BCUT2D eigenvalue weighted by Gasteiger charge is -2.18. The van der Waals surface area contributed by atoms with Crippen LogP contribution in [0.2, 0.25) is 0 Å². The maximum absolute atomic E-state index is 12.6. The molecular weight excluding hydrogens is 378 g/mol. The molecule has 0 bridgehead atoms. The molecule has 0 saturated carbocycles. The number of aliphatic hydroxyl groups is 1. The van der Waals surface area contributed by atoms with Crippen LogP contribution in [0, 0.1) is 11.8 Å². The van der Waals surface area contributed by atoms with Crippen molar-refractivity contribution in [2.75, 3.05) is 6.54 Å². The molecule has 2 aliphatic carbocycles. The van der Waals surface area contributed by atoms with Gasteiger partial charge in [-0.05, 0) is 56.4 Å². The fraction of sp³-hybridized carbons (Fsp3) is 0.400. The SMILES string of the molecule is CC(O)CC(C)CNC(=O)C1C=CC([S+]2C3=CC=CCC3c3ccccc32)=CC1. The molecule has 3 nitrogen and oxygen atoms in total. The molecule has 1 amide bonds. The molecule has 5 atom stereocenters. The fourth-order valence-electron chi connectivity index (χ4n) is 4.46. The van der Waals surface area contributed by atoms with Gasteiger partial charge in [0.05, 0.1) is 28.8 Å². The smallest absolute Gasteiger partial charge is 0.227 e. The van der Waals surface area contributed by atoms with Gasteiger partial charge in [0, 0.05) is 12.1 Å². The molecule has 1 aromatic rings. The quantitative estimate of drug-likeness (QED) is 0.677. The van der Waals surface area contributed by atoms with Crippen molar-refractivity contribution in [3.05, 3.63) is 76.1 Å². The normalized spacial score (nSPS) is 26.8. The summed E-state index contributed by atoms with van der Waals surface area (Å²) in [5.41, 5.74) is 1.47. The molecule has 2 N–H and O–H groups in total. The minimum atomic E-state index is -0.329. The van der Waals surface area contributed by atoms with Crippen molar-refractivity contribution < 1.29 is 9.90 Å². The Morgan fingerprint density at radius 1 is 1.28 bits per heavy atom. The highest BCUT2D eigenvalue weighted by Crippen LogP contribution is 2.51. The van der Waals surface area contributed by atoms with Crippen LogP contribution < -0.4 is 5.32 Å². The molecule has 3 aliphatic rings. The van der Waals surface area contributed by atoms with E-state index in [1.807, 2.05) is 0 Å². The van der Waals surface area contributed by atoms with Crippen molar-refractivity contribution in [2.45, 2.75) is 50.0 Å². The van der Waals surface area contributed by atoms with E-state index in [1.54, 1.807) is 6.92 Å². The molecule has 0 aromatic heterocycles. The van der Waals surface area contributed by atoms with Gasteiger partial charge < -0.3 is 10.4 Å². The Labute approximate surface area is 176 Å². The zero-order valence-electron chi connectivity index (χ0n) is 17.2. The summed E-state index contributed by atoms with van der Waals surface area (Å²) in [7, 11) is -0.0265. The van der Waals surface area contributed by atoms with Crippen LogP contribution in [-0.2, 0) is 15.7 Å².